The first kappa shape index (κ1) is 15.9. The Morgan fingerprint density at radius 3 is 2.68 bits per heavy atom. The second kappa shape index (κ2) is 6.70. The van der Waals surface area contributed by atoms with Crippen LogP contribution in [-0.4, -0.2) is 11.1 Å². The van der Waals surface area contributed by atoms with Crippen molar-refractivity contribution in [1.29, 1.82) is 0 Å². The molecule has 0 aliphatic rings. The number of halogens is 1. The number of amides is 1. The SMILES string of the molecule is O=C(NCc1cc(-c2ccccc2)no1)c1sc2ccccc2c1Cl. The second-order valence-corrected chi connectivity index (χ2v) is 6.90. The van der Waals surface area contributed by atoms with Gasteiger partial charge in [0.1, 0.15) is 10.6 Å². The average molecular weight is 369 g/mol. The van der Waals surface area contributed by atoms with Gasteiger partial charge >= 0.3 is 0 Å². The van der Waals surface area contributed by atoms with Crippen molar-refractivity contribution >= 4 is 38.9 Å². The summed E-state index contributed by atoms with van der Waals surface area (Å²) in [5.74, 6) is 0.369. The smallest absolute Gasteiger partial charge is 0.263 e. The molecule has 0 fully saturated rings. The number of aromatic nitrogens is 1. The molecular formula is C19H13ClN2O2S. The number of hydrogen-bond acceptors (Lipinski definition) is 4. The number of carbonyl (C=O) groups is 1. The number of hydrogen-bond donors (Lipinski definition) is 1. The van der Waals surface area contributed by atoms with Crippen molar-refractivity contribution in [2.45, 2.75) is 6.54 Å². The third kappa shape index (κ3) is 3.16. The van der Waals surface area contributed by atoms with E-state index < -0.39 is 0 Å². The first-order chi connectivity index (χ1) is 12.2. The molecule has 0 aliphatic carbocycles. The van der Waals surface area contributed by atoms with Gasteiger partial charge in [-0.15, -0.1) is 11.3 Å². The first-order valence-corrected chi connectivity index (χ1v) is 8.88. The molecule has 0 aliphatic heterocycles. The van der Waals surface area contributed by atoms with E-state index in [-0.39, 0.29) is 12.5 Å². The highest BCUT2D eigenvalue weighted by Gasteiger charge is 2.17. The molecule has 124 valence electrons. The van der Waals surface area contributed by atoms with Gasteiger partial charge in [0.15, 0.2) is 5.76 Å². The molecule has 0 saturated heterocycles. The summed E-state index contributed by atoms with van der Waals surface area (Å²) in [6.45, 7) is 0.253. The van der Waals surface area contributed by atoms with Crippen molar-refractivity contribution < 1.29 is 9.32 Å². The van der Waals surface area contributed by atoms with Gasteiger partial charge in [-0.05, 0) is 6.07 Å². The minimum atomic E-state index is -0.219. The Kier molecular flexibility index (Phi) is 4.26. The number of thiophene rings is 1. The Morgan fingerprint density at radius 2 is 1.88 bits per heavy atom. The molecule has 2 aromatic heterocycles. The summed E-state index contributed by atoms with van der Waals surface area (Å²) < 4.78 is 6.29. The summed E-state index contributed by atoms with van der Waals surface area (Å²) in [6.07, 6.45) is 0. The molecule has 2 heterocycles. The molecule has 4 nitrogen and oxygen atoms in total. The fraction of sp³-hybridized carbons (Fsp3) is 0.0526. The summed E-state index contributed by atoms with van der Waals surface area (Å²) in [5.41, 5.74) is 1.71. The van der Waals surface area contributed by atoms with Crippen LogP contribution in [0, 0.1) is 0 Å². The molecular weight excluding hydrogens is 356 g/mol. The number of rotatable bonds is 4. The Bertz CT molecular complexity index is 1040. The van der Waals surface area contributed by atoms with E-state index in [4.69, 9.17) is 16.1 Å². The highest BCUT2D eigenvalue weighted by Crippen LogP contribution is 2.35. The third-order valence-corrected chi connectivity index (χ3v) is 5.47. The Balaban J connectivity index is 1.48. The van der Waals surface area contributed by atoms with Crippen LogP contribution in [0.3, 0.4) is 0 Å². The van der Waals surface area contributed by atoms with Gasteiger partial charge in [0.2, 0.25) is 0 Å². The zero-order valence-corrected chi connectivity index (χ0v) is 14.6. The second-order valence-electron chi connectivity index (χ2n) is 5.47. The lowest BCUT2D eigenvalue weighted by Crippen LogP contribution is -2.21. The highest BCUT2D eigenvalue weighted by molar-refractivity contribution is 7.21. The van der Waals surface area contributed by atoms with Crippen LogP contribution in [0.1, 0.15) is 15.4 Å². The van der Waals surface area contributed by atoms with Crippen LogP contribution in [0.15, 0.2) is 65.2 Å². The zero-order valence-electron chi connectivity index (χ0n) is 13.0. The van der Waals surface area contributed by atoms with Crippen LogP contribution >= 0.6 is 22.9 Å². The molecule has 2 aromatic carbocycles. The molecule has 25 heavy (non-hydrogen) atoms. The van der Waals surface area contributed by atoms with Crippen LogP contribution in [0.2, 0.25) is 5.02 Å². The quantitative estimate of drug-likeness (QED) is 0.542. The number of nitrogens with one attached hydrogen (secondary N) is 1. The van der Waals surface area contributed by atoms with E-state index in [0.29, 0.717) is 15.7 Å². The molecule has 6 heteroatoms. The van der Waals surface area contributed by atoms with E-state index in [9.17, 15) is 4.79 Å². The molecule has 0 unspecified atom stereocenters. The Hall–Kier alpha value is -2.63. The lowest BCUT2D eigenvalue weighted by molar-refractivity contribution is 0.0951. The summed E-state index contributed by atoms with van der Waals surface area (Å²) in [6, 6.07) is 19.2. The van der Waals surface area contributed by atoms with E-state index in [0.717, 1.165) is 21.3 Å². The summed E-state index contributed by atoms with van der Waals surface area (Å²) in [5, 5.41) is 8.26. The fourth-order valence-electron chi connectivity index (χ4n) is 2.55. The van der Waals surface area contributed by atoms with Crippen LogP contribution in [0.25, 0.3) is 21.3 Å². The molecule has 4 aromatic rings. The van der Waals surface area contributed by atoms with E-state index in [1.807, 2.05) is 60.7 Å². The Morgan fingerprint density at radius 1 is 1.12 bits per heavy atom. The fourth-order valence-corrected chi connectivity index (χ4v) is 3.98. The monoisotopic (exact) mass is 368 g/mol. The van der Waals surface area contributed by atoms with Gasteiger partial charge in [0, 0.05) is 21.7 Å². The van der Waals surface area contributed by atoms with Gasteiger partial charge in [-0.1, -0.05) is 65.3 Å². The van der Waals surface area contributed by atoms with Crippen LogP contribution in [-0.2, 0) is 6.54 Å². The van der Waals surface area contributed by atoms with Gasteiger partial charge in [-0.3, -0.25) is 4.79 Å². The third-order valence-electron chi connectivity index (χ3n) is 3.79. The van der Waals surface area contributed by atoms with E-state index in [1.54, 1.807) is 0 Å². The summed E-state index contributed by atoms with van der Waals surface area (Å²) in [7, 11) is 0. The number of benzene rings is 2. The van der Waals surface area contributed by atoms with Crippen molar-refractivity contribution in [2.24, 2.45) is 0 Å². The van der Waals surface area contributed by atoms with Crippen molar-refractivity contribution in [1.82, 2.24) is 10.5 Å². The zero-order chi connectivity index (χ0) is 17.2. The van der Waals surface area contributed by atoms with Gasteiger partial charge < -0.3 is 9.84 Å². The minimum absolute atomic E-state index is 0.219. The lowest BCUT2D eigenvalue weighted by Gasteiger charge is -2.00. The molecule has 1 amide bonds. The molecule has 1 N–H and O–H groups in total. The van der Waals surface area contributed by atoms with E-state index >= 15 is 0 Å². The topological polar surface area (TPSA) is 55.1 Å². The Labute approximate surface area is 153 Å². The first-order valence-electron chi connectivity index (χ1n) is 7.68. The maximum Gasteiger partial charge on any atom is 0.263 e. The average Bonchev–Trinajstić information content (AvgIpc) is 3.26. The maximum atomic E-state index is 12.4. The molecule has 0 radical (unpaired) electrons. The summed E-state index contributed by atoms with van der Waals surface area (Å²) in [4.78, 5) is 12.9. The number of carbonyl (C=O) groups excluding carboxylic acids is 1. The van der Waals surface area contributed by atoms with Crippen LogP contribution in [0.4, 0.5) is 0 Å². The van der Waals surface area contributed by atoms with Crippen molar-refractivity contribution in [3.05, 3.63) is 76.3 Å². The van der Waals surface area contributed by atoms with E-state index in [1.165, 1.54) is 11.3 Å². The number of fused-ring (bicyclic) bond motifs is 1. The van der Waals surface area contributed by atoms with Gasteiger partial charge in [-0.25, -0.2) is 0 Å². The molecule has 0 saturated carbocycles. The maximum absolute atomic E-state index is 12.4. The van der Waals surface area contributed by atoms with Gasteiger partial charge in [-0.2, -0.15) is 0 Å². The van der Waals surface area contributed by atoms with E-state index in [2.05, 4.69) is 10.5 Å². The van der Waals surface area contributed by atoms with Gasteiger partial charge in [0.05, 0.1) is 11.6 Å². The number of nitrogens with zero attached hydrogens (tertiary/aromatic N) is 1. The van der Waals surface area contributed by atoms with Crippen LogP contribution < -0.4 is 5.32 Å². The predicted octanol–water partition coefficient (Wildman–Crippen LogP) is 5.14. The molecule has 4 rings (SSSR count). The molecule has 0 spiro atoms. The molecule has 0 bridgehead atoms. The standard InChI is InChI=1S/C19H13ClN2O2S/c20-17-14-8-4-5-9-16(14)25-18(17)19(23)21-11-13-10-15(22-24-13)12-6-2-1-3-7-12/h1-10H,11H2,(H,21,23). The van der Waals surface area contributed by atoms with Crippen molar-refractivity contribution in [3.8, 4) is 11.3 Å². The van der Waals surface area contributed by atoms with Crippen LogP contribution in [0.5, 0.6) is 0 Å². The molecule has 0 atom stereocenters. The predicted molar refractivity (Wildman–Crippen MR) is 99.9 cm³/mol. The normalized spacial score (nSPS) is 10.9. The summed E-state index contributed by atoms with van der Waals surface area (Å²) >= 11 is 7.71. The largest absolute Gasteiger partial charge is 0.359 e. The van der Waals surface area contributed by atoms with Crippen molar-refractivity contribution in [2.75, 3.05) is 0 Å². The van der Waals surface area contributed by atoms with Crippen molar-refractivity contribution in [3.63, 3.8) is 0 Å². The lowest BCUT2D eigenvalue weighted by atomic mass is 10.1. The van der Waals surface area contributed by atoms with Gasteiger partial charge in [0.25, 0.3) is 5.91 Å². The minimum Gasteiger partial charge on any atom is -0.359 e. The highest BCUT2D eigenvalue weighted by atomic mass is 35.5.